The number of aromatic nitrogens is 3. The Morgan fingerprint density at radius 1 is 1.06 bits per heavy atom. The first-order valence-corrected chi connectivity index (χ1v) is 7.50. The highest BCUT2D eigenvalue weighted by Gasteiger charge is 2.47. The first-order chi connectivity index (χ1) is 8.83. The standard InChI is InChI=1S/C14H22N4/c15-12-10-6-5-9(7-10)11(12)14-16-13(17-18-14)8-3-1-2-4-8/h8-12H,1-7,15H2,(H,16,17,18). The SMILES string of the molecule is NC1C2CCC(C2)C1c1nc(C2CCCC2)n[nH]1. The molecule has 1 aromatic heterocycles. The lowest BCUT2D eigenvalue weighted by Gasteiger charge is -2.25. The first-order valence-electron chi connectivity index (χ1n) is 7.50. The van der Waals surface area contributed by atoms with Gasteiger partial charge in [0.15, 0.2) is 5.82 Å². The minimum Gasteiger partial charge on any atom is -0.327 e. The lowest BCUT2D eigenvalue weighted by atomic mass is 9.84. The van der Waals surface area contributed by atoms with Crippen LogP contribution in [0.3, 0.4) is 0 Å². The van der Waals surface area contributed by atoms with Gasteiger partial charge in [-0.15, -0.1) is 0 Å². The second-order valence-electron chi connectivity index (χ2n) is 6.50. The van der Waals surface area contributed by atoms with Crippen LogP contribution in [0.5, 0.6) is 0 Å². The normalized spacial score (nSPS) is 39.8. The maximum Gasteiger partial charge on any atom is 0.153 e. The number of hydrogen-bond acceptors (Lipinski definition) is 3. The summed E-state index contributed by atoms with van der Waals surface area (Å²) in [5.74, 6) is 4.68. The van der Waals surface area contributed by atoms with E-state index in [1.165, 1.54) is 44.9 Å². The van der Waals surface area contributed by atoms with Crippen LogP contribution >= 0.6 is 0 Å². The highest BCUT2D eigenvalue weighted by molar-refractivity contribution is 5.14. The Morgan fingerprint density at radius 3 is 2.56 bits per heavy atom. The second kappa shape index (κ2) is 4.05. The maximum absolute atomic E-state index is 6.37. The molecule has 0 spiro atoms. The van der Waals surface area contributed by atoms with Crippen molar-refractivity contribution in [3.05, 3.63) is 11.6 Å². The van der Waals surface area contributed by atoms with Gasteiger partial charge in [0.1, 0.15) is 5.82 Å². The van der Waals surface area contributed by atoms with Crippen LogP contribution in [0.2, 0.25) is 0 Å². The van der Waals surface area contributed by atoms with Gasteiger partial charge in [-0.3, -0.25) is 5.10 Å². The van der Waals surface area contributed by atoms with E-state index < -0.39 is 0 Å². The largest absolute Gasteiger partial charge is 0.327 e. The van der Waals surface area contributed by atoms with Crippen molar-refractivity contribution in [3.63, 3.8) is 0 Å². The molecular weight excluding hydrogens is 224 g/mol. The average Bonchev–Trinajstić information content (AvgIpc) is 3.13. The van der Waals surface area contributed by atoms with Gasteiger partial charge in [-0.25, -0.2) is 4.98 Å². The monoisotopic (exact) mass is 246 g/mol. The van der Waals surface area contributed by atoms with Crippen molar-refractivity contribution in [1.82, 2.24) is 15.2 Å². The van der Waals surface area contributed by atoms with Crippen LogP contribution in [0, 0.1) is 11.8 Å². The molecule has 0 aliphatic heterocycles. The molecule has 3 N–H and O–H groups in total. The molecule has 3 fully saturated rings. The fraction of sp³-hybridized carbons (Fsp3) is 0.857. The van der Waals surface area contributed by atoms with Crippen LogP contribution < -0.4 is 5.73 Å². The molecule has 2 bridgehead atoms. The van der Waals surface area contributed by atoms with Gasteiger partial charge in [0.05, 0.1) is 0 Å². The first kappa shape index (κ1) is 11.0. The van der Waals surface area contributed by atoms with Crippen LogP contribution in [0.4, 0.5) is 0 Å². The van der Waals surface area contributed by atoms with Gasteiger partial charge in [0.25, 0.3) is 0 Å². The number of fused-ring (bicyclic) bond motifs is 2. The third-order valence-electron chi connectivity index (χ3n) is 5.54. The fourth-order valence-corrected chi connectivity index (χ4v) is 4.55. The molecule has 4 unspecified atom stereocenters. The number of H-pyrrole nitrogens is 1. The van der Waals surface area contributed by atoms with Gasteiger partial charge in [-0.2, -0.15) is 5.10 Å². The van der Waals surface area contributed by atoms with E-state index in [-0.39, 0.29) is 0 Å². The van der Waals surface area contributed by atoms with Crippen molar-refractivity contribution >= 4 is 0 Å². The summed E-state index contributed by atoms with van der Waals surface area (Å²) in [5.41, 5.74) is 6.37. The van der Waals surface area contributed by atoms with Crippen molar-refractivity contribution in [2.45, 2.75) is 62.8 Å². The number of aromatic amines is 1. The van der Waals surface area contributed by atoms with Crippen molar-refractivity contribution in [3.8, 4) is 0 Å². The lowest BCUT2D eigenvalue weighted by molar-refractivity contribution is 0.354. The summed E-state index contributed by atoms with van der Waals surface area (Å²) in [6.07, 6.45) is 9.17. The summed E-state index contributed by atoms with van der Waals surface area (Å²) < 4.78 is 0. The second-order valence-corrected chi connectivity index (χ2v) is 6.50. The molecule has 1 heterocycles. The van der Waals surface area contributed by atoms with Gasteiger partial charge in [0, 0.05) is 17.9 Å². The van der Waals surface area contributed by atoms with E-state index in [1.807, 2.05) is 0 Å². The van der Waals surface area contributed by atoms with Crippen molar-refractivity contribution < 1.29 is 0 Å². The molecule has 0 aromatic carbocycles. The summed E-state index contributed by atoms with van der Waals surface area (Å²) in [4.78, 5) is 4.80. The third-order valence-corrected chi connectivity index (χ3v) is 5.54. The van der Waals surface area contributed by atoms with E-state index in [2.05, 4.69) is 10.2 Å². The highest BCUT2D eigenvalue weighted by atomic mass is 15.2. The molecule has 3 aliphatic carbocycles. The Bertz CT molecular complexity index is 433. The Morgan fingerprint density at radius 2 is 1.83 bits per heavy atom. The summed E-state index contributed by atoms with van der Waals surface area (Å²) >= 11 is 0. The Hall–Kier alpha value is -0.900. The number of nitrogens with two attached hydrogens (primary N) is 1. The molecule has 4 rings (SSSR count). The number of nitrogens with one attached hydrogen (secondary N) is 1. The minimum atomic E-state index is 0.313. The summed E-state index contributed by atoms with van der Waals surface area (Å²) in [6.45, 7) is 0. The number of hydrogen-bond donors (Lipinski definition) is 2. The number of rotatable bonds is 2. The van der Waals surface area contributed by atoms with E-state index in [0.717, 1.165) is 23.5 Å². The van der Waals surface area contributed by atoms with E-state index in [9.17, 15) is 0 Å². The van der Waals surface area contributed by atoms with Gasteiger partial charge >= 0.3 is 0 Å². The zero-order chi connectivity index (χ0) is 12.1. The molecule has 0 radical (unpaired) electrons. The van der Waals surface area contributed by atoms with E-state index in [0.29, 0.717) is 17.9 Å². The predicted octanol–water partition coefficient (Wildman–Crippen LogP) is 2.30. The maximum atomic E-state index is 6.37. The minimum absolute atomic E-state index is 0.313. The molecule has 4 nitrogen and oxygen atoms in total. The molecular formula is C14H22N4. The van der Waals surface area contributed by atoms with Crippen LogP contribution in [-0.2, 0) is 0 Å². The van der Waals surface area contributed by atoms with Crippen molar-refractivity contribution in [2.24, 2.45) is 17.6 Å². The molecule has 3 saturated carbocycles. The zero-order valence-electron chi connectivity index (χ0n) is 10.8. The van der Waals surface area contributed by atoms with Gasteiger partial charge < -0.3 is 5.73 Å². The summed E-state index contributed by atoms with van der Waals surface area (Å²) in [6, 6.07) is 0.313. The van der Waals surface area contributed by atoms with Crippen LogP contribution in [0.25, 0.3) is 0 Å². The Kier molecular flexibility index (Phi) is 2.47. The van der Waals surface area contributed by atoms with Gasteiger partial charge in [-0.1, -0.05) is 12.8 Å². The quantitative estimate of drug-likeness (QED) is 0.841. The molecule has 0 saturated heterocycles. The van der Waals surface area contributed by atoms with E-state index in [4.69, 9.17) is 10.7 Å². The van der Waals surface area contributed by atoms with Gasteiger partial charge in [0.2, 0.25) is 0 Å². The lowest BCUT2D eigenvalue weighted by Crippen LogP contribution is -2.34. The fourth-order valence-electron chi connectivity index (χ4n) is 4.55. The van der Waals surface area contributed by atoms with Crippen molar-refractivity contribution in [2.75, 3.05) is 0 Å². The topological polar surface area (TPSA) is 67.6 Å². The molecule has 4 atom stereocenters. The smallest absolute Gasteiger partial charge is 0.153 e. The van der Waals surface area contributed by atoms with Crippen LogP contribution in [0.1, 0.15) is 68.4 Å². The molecule has 3 aliphatic rings. The molecule has 1 aromatic rings. The Balaban J connectivity index is 1.58. The van der Waals surface area contributed by atoms with Crippen molar-refractivity contribution in [1.29, 1.82) is 0 Å². The zero-order valence-corrected chi connectivity index (χ0v) is 10.8. The molecule has 98 valence electrons. The molecule has 18 heavy (non-hydrogen) atoms. The highest BCUT2D eigenvalue weighted by Crippen LogP contribution is 2.51. The third kappa shape index (κ3) is 1.54. The summed E-state index contributed by atoms with van der Waals surface area (Å²) in [7, 11) is 0. The molecule has 0 amide bonds. The van der Waals surface area contributed by atoms with Gasteiger partial charge in [-0.05, 0) is 43.9 Å². The predicted molar refractivity (Wildman–Crippen MR) is 69.1 cm³/mol. The average molecular weight is 246 g/mol. The van der Waals surface area contributed by atoms with Crippen LogP contribution in [0.15, 0.2) is 0 Å². The van der Waals surface area contributed by atoms with E-state index in [1.54, 1.807) is 0 Å². The van der Waals surface area contributed by atoms with Crippen LogP contribution in [-0.4, -0.2) is 21.2 Å². The Labute approximate surface area is 108 Å². The summed E-state index contributed by atoms with van der Waals surface area (Å²) in [5, 5.41) is 7.67. The molecule has 4 heteroatoms. The van der Waals surface area contributed by atoms with E-state index >= 15 is 0 Å². The number of nitrogens with zero attached hydrogens (tertiary/aromatic N) is 2.